The third-order valence-electron chi connectivity index (χ3n) is 11.8. The zero-order valence-electron chi connectivity index (χ0n) is 32.0. The Kier molecular flexibility index (Phi) is 12.3. The predicted octanol–water partition coefficient (Wildman–Crippen LogP) is 5.36. The zero-order valence-corrected chi connectivity index (χ0v) is 32.0. The first-order valence-corrected chi connectivity index (χ1v) is 19.1. The molecular weight excluding hydrogens is 674 g/mol. The number of aryl methyl sites for hydroxylation is 1. The first-order valence-electron chi connectivity index (χ1n) is 19.1. The highest BCUT2D eigenvalue weighted by molar-refractivity contribution is 6.36. The summed E-state index contributed by atoms with van der Waals surface area (Å²) in [7, 11) is 1.32. The number of para-hydroxylation sites is 1. The van der Waals surface area contributed by atoms with E-state index in [1.807, 2.05) is 26.0 Å². The number of ketones is 1. The van der Waals surface area contributed by atoms with Gasteiger partial charge in [-0.25, -0.2) is 0 Å². The number of rotatable bonds is 11. The van der Waals surface area contributed by atoms with Gasteiger partial charge in [-0.15, -0.1) is 0 Å². The van der Waals surface area contributed by atoms with Gasteiger partial charge in [0.2, 0.25) is 17.6 Å². The highest BCUT2D eigenvalue weighted by Gasteiger charge is 2.52. The number of amides is 4. The minimum Gasteiger partial charge on any atom is -0.451 e. The molecule has 1 aromatic carbocycles. The van der Waals surface area contributed by atoms with Gasteiger partial charge in [-0.2, -0.15) is 0 Å². The molecule has 3 aromatic rings. The van der Waals surface area contributed by atoms with Crippen LogP contribution in [-0.4, -0.2) is 52.6 Å². The summed E-state index contributed by atoms with van der Waals surface area (Å²) in [5.74, 6) is 0.624. The number of fused-ring (bicyclic) bond motifs is 2. The quantitative estimate of drug-likeness (QED) is 0.193. The second-order valence-electron chi connectivity index (χ2n) is 15.5. The minimum atomic E-state index is -1.30. The van der Waals surface area contributed by atoms with E-state index in [9.17, 15) is 28.8 Å². The highest BCUT2D eigenvalue weighted by atomic mass is 16.3. The number of furan rings is 1. The summed E-state index contributed by atoms with van der Waals surface area (Å²) in [6.07, 6.45) is 6.60. The van der Waals surface area contributed by atoms with Crippen molar-refractivity contribution in [1.29, 1.82) is 0 Å². The summed E-state index contributed by atoms with van der Waals surface area (Å²) in [6.45, 7) is 12.4. The Bertz CT molecular complexity index is 1890. The second kappa shape index (κ2) is 16.5. The number of hydrogen-bond acceptors (Lipinski definition) is 7. The molecule has 0 spiro atoms. The number of anilines is 1. The van der Waals surface area contributed by atoms with Gasteiger partial charge < -0.3 is 30.3 Å². The van der Waals surface area contributed by atoms with Crippen molar-refractivity contribution in [1.82, 2.24) is 20.5 Å². The Morgan fingerprint density at radius 1 is 0.943 bits per heavy atom. The van der Waals surface area contributed by atoms with Crippen molar-refractivity contribution in [3.63, 3.8) is 0 Å². The van der Waals surface area contributed by atoms with Crippen LogP contribution in [0.3, 0.4) is 0 Å². The van der Waals surface area contributed by atoms with Gasteiger partial charge in [0, 0.05) is 36.2 Å². The number of pyridine rings is 1. The Morgan fingerprint density at radius 3 is 2.25 bits per heavy atom. The van der Waals surface area contributed by atoms with Gasteiger partial charge >= 0.3 is 0 Å². The number of Topliss-reactive ketones (excluding diaryl/α,β-unsaturated/α-hetero) is 1. The third kappa shape index (κ3) is 8.57. The van der Waals surface area contributed by atoms with Crippen LogP contribution in [0.15, 0.2) is 51.8 Å². The molecule has 2 heterocycles. The SMILES string of the molecule is CC.CNC(=O)C(=O)CCC(NC(=O)c1oc2ccccc2c1C)C(=O)Nc1cccn(CC(=O)NC2(C)CC3C(C)CC4CC(C)C(C2)C3C4)c1=O. The summed E-state index contributed by atoms with van der Waals surface area (Å²) >= 11 is 0. The van der Waals surface area contributed by atoms with Crippen molar-refractivity contribution < 1.29 is 28.4 Å². The molecule has 12 heteroatoms. The molecule has 286 valence electrons. The highest BCUT2D eigenvalue weighted by Crippen LogP contribution is 2.58. The van der Waals surface area contributed by atoms with Gasteiger partial charge in [0.1, 0.15) is 23.9 Å². The number of aromatic nitrogens is 1. The van der Waals surface area contributed by atoms with Crippen molar-refractivity contribution in [2.75, 3.05) is 12.4 Å². The van der Waals surface area contributed by atoms with E-state index in [0.29, 0.717) is 40.7 Å². The normalized spacial score (nSPS) is 26.3. The van der Waals surface area contributed by atoms with Crippen molar-refractivity contribution in [3.8, 4) is 0 Å². The van der Waals surface area contributed by atoms with Gasteiger partial charge in [-0.3, -0.25) is 28.8 Å². The Labute approximate surface area is 311 Å². The summed E-state index contributed by atoms with van der Waals surface area (Å²) in [6, 6.07) is 8.79. The molecule has 53 heavy (non-hydrogen) atoms. The predicted molar refractivity (Wildman–Crippen MR) is 203 cm³/mol. The molecule has 12 nitrogen and oxygen atoms in total. The van der Waals surface area contributed by atoms with E-state index in [-0.39, 0.29) is 42.3 Å². The lowest BCUT2D eigenvalue weighted by molar-refractivity contribution is -0.137. The minimum absolute atomic E-state index is 0.00183. The first-order chi connectivity index (χ1) is 25.3. The van der Waals surface area contributed by atoms with Crippen LogP contribution in [0.1, 0.15) is 95.7 Å². The molecule has 2 aromatic heterocycles. The molecule has 3 aliphatic carbocycles. The Hall–Kier alpha value is -4.74. The maximum atomic E-state index is 13.6. The number of likely N-dealkylation sites (N-methyl/N-ethyl adjacent to an activating group) is 1. The molecule has 0 saturated heterocycles. The molecule has 3 saturated carbocycles. The van der Waals surface area contributed by atoms with Crippen LogP contribution in [0.5, 0.6) is 0 Å². The van der Waals surface area contributed by atoms with Crippen molar-refractivity contribution in [2.45, 2.75) is 105 Å². The van der Waals surface area contributed by atoms with Crippen LogP contribution in [0.25, 0.3) is 11.0 Å². The van der Waals surface area contributed by atoms with Crippen LogP contribution < -0.4 is 26.8 Å². The van der Waals surface area contributed by atoms with Crippen LogP contribution in [0, 0.1) is 42.4 Å². The molecule has 6 rings (SSSR count). The average Bonchev–Trinajstić information content (AvgIpc) is 3.47. The average molecular weight is 730 g/mol. The largest absolute Gasteiger partial charge is 0.451 e. The second-order valence-corrected chi connectivity index (χ2v) is 15.5. The summed E-state index contributed by atoms with van der Waals surface area (Å²) < 4.78 is 7.01. The van der Waals surface area contributed by atoms with E-state index in [2.05, 4.69) is 42.0 Å². The lowest BCUT2D eigenvalue weighted by atomic mass is 9.49. The molecule has 0 radical (unpaired) electrons. The summed E-state index contributed by atoms with van der Waals surface area (Å²) in [5.41, 5.74) is 0.00492. The van der Waals surface area contributed by atoms with Crippen molar-refractivity contribution >= 4 is 46.1 Å². The van der Waals surface area contributed by atoms with Crippen molar-refractivity contribution in [2.24, 2.45) is 35.5 Å². The number of benzene rings is 1. The molecule has 3 fully saturated rings. The van der Waals surface area contributed by atoms with Crippen LogP contribution in [-0.2, 0) is 25.7 Å². The Balaban J connectivity index is 0.00000266. The fraction of sp³-hybridized carbons (Fsp3) is 0.561. The molecule has 4 amide bonds. The van der Waals surface area contributed by atoms with Gasteiger partial charge in [0.05, 0.1) is 0 Å². The standard InChI is InChI=1S/C39H49N5O7.C2H6/c1-21-15-24-16-22(2)28-19-39(4,18-27(21)26(28)17-24)43-33(46)20-44-14-8-10-30(38(44)50)42-35(47)29(12-13-31(45)36(48)40-5)41-37(49)34-23(3)25-9-6-7-11-32(25)51-34;1-2/h6-11,14,21-22,24,26-29H,12-13,15-20H2,1-5H3,(H,40,48)(H,41,49)(H,42,47)(H,43,46);1-2H3. The van der Waals surface area contributed by atoms with E-state index in [4.69, 9.17) is 4.42 Å². The smallest absolute Gasteiger partial charge is 0.287 e. The maximum Gasteiger partial charge on any atom is 0.287 e. The van der Waals surface area contributed by atoms with Gasteiger partial charge in [-0.1, -0.05) is 45.9 Å². The van der Waals surface area contributed by atoms with Crippen LogP contribution >= 0.6 is 0 Å². The van der Waals surface area contributed by atoms with E-state index in [1.54, 1.807) is 25.1 Å². The number of carbonyl (C=O) groups excluding carboxylic acids is 5. The fourth-order valence-electron chi connectivity index (χ4n) is 9.44. The first kappa shape index (κ1) is 39.5. The number of carbonyl (C=O) groups is 5. The lowest BCUT2D eigenvalue weighted by Crippen LogP contribution is -2.58. The van der Waals surface area contributed by atoms with Gasteiger partial charge in [0.25, 0.3) is 17.4 Å². The van der Waals surface area contributed by atoms with Crippen LogP contribution in [0.4, 0.5) is 5.69 Å². The number of nitrogens with zero attached hydrogens (tertiary/aromatic N) is 1. The maximum absolute atomic E-state index is 13.6. The topological polar surface area (TPSA) is 169 Å². The number of nitrogens with one attached hydrogen (secondary N) is 4. The van der Waals surface area contributed by atoms with E-state index in [0.717, 1.165) is 24.1 Å². The van der Waals surface area contributed by atoms with E-state index in [1.165, 1.54) is 43.1 Å². The van der Waals surface area contributed by atoms with Gasteiger partial charge in [-0.05, 0) is 106 Å². The fourth-order valence-corrected chi connectivity index (χ4v) is 9.44. The number of hydrogen-bond donors (Lipinski definition) is 4. The van der Waals surface area contributed by atoms with Crippen LogP contribution in [0.2, 0.25) is 0 Å². The zero-order chi connectivity index (χ0) is 38.6. The molecule has 4 N–H and O–H groups in total. The third-order valence-corrected chi connectivity index (χ3v) is 11.8. The molecule has 3 aliphatic rings. The van der Waals surface area contributed by atoms with E-state index >= 15 is 0 Å². The Morgan fingerprint density at radius 2 is 1.60 bits per heavy atom. The molecule has 2 bridgehead atoms. The monoisotopic (exact) mass is 729 g/mol. The summed E-state index contributed by atoms with van der Waals surface area (Å²) in [5, 5.41) is 11.5. The lowest BCUT2D eigenvalue weighted by Gasteiger charge is -2.58. The van der Waals surface area contributed by atoms with E-state index < -0.39 is 35.1 Å². The molecule has 5 atom stereocenters. The summed E-state index contributed by atoms with van der Waals surface area (Å²) in [4.78, 5) is 78.2. The van der Waals surface area contributed by atoms with Gasteiger partial charge in [0.15, 0.2) is 5.76 Å². The van der Waals surface area contributed by atoms with Crippen molar-refractivity contribution in [3.05, 3.63) is 64.3 Å². The molecule has 5 unspecified atom stereocenters. The molecular formula is C41H55N5O7. The molecule has 0 aliphatic heterocycles.